The minimum Gasteiger partial charge on any atom is -0.465 e. The van der Waals surface area contributed by atoms with E-state index in [0.29, 0.717) is 13.2 Å². The second-order valence-corrected chi connectivity index (χ2v) is 6.59. The van der Waals surface area contributed by atoms with Crippen LogP contribution in [0.5, 0.6) is 0 Å². The quantitative estimate of drug-likeness (QED) is 0.682. The molecule has 0 saturated carbocycles. The lowest BCUT2D eigenvalue weighted by atomic mass is 9.96. The highest BCUT2D eigenvalue weighted by atomic mass is 16.5. The highest BCUT2D eigenvalue weighted by molar-refractivity contribution is 5.76. The molecular weight excluding hydrogens is 266 g/mol. The van der Waals surface area contributed by atoms with Gasteiger partial charge in [-0.1, -0.05) is 13.8 Å². The number of likely N-dealkylation sites (tertiary alicyclic amines) is 1. The maximum Gasteiger partial charge on any atom is 0.324 e. The zero-order chi connectivity index (χ0) is 15.8. The maximum atomic E-state index is 12.0. The molecule has 1 saturated heterocycles. The van der Waals surface area contributed by atoms with E-state index >= 15 is 0 Å². The van der Waals surface area contributed by atoms with Crippen molar-refractivity contribution in [1.82, 2.24) is 15.1 Å². The molecule has 0 aliphatic carbocycles. The van der Waals surface area contributed by atoms with Crippen LogP contribution in [0.15, 0.2) is 0 Å². The Balaban J connectivity index is 2.43. The lowest BCUT2D eigenvalue weighted by molar-refractivity contribution is -0.146. The van der Waals surface area contributed by atoms with Gasteiger partial charge in [-0.3, -0.25) is 4.79 Å². The lowest BCUT2D eigenvalue weighted by Gasteiger charge is -2.33. The number of hydrogen-bond acceptors (Lipinski definition) is 5. The number of likely N-dealkylation sites (N-methyl/N-ethyl adjacent to an activating group) is 1. The van der Waals surface area contributed by atoms with Crippen molar-refractivity contribution in [3.63, 3.8) is 0 Å². The molecule has 1 aliphatic rings. The van der Waals surface area contributed by atoms with Crippen LogP contribution in [0.4, 0.5) is 0 Å². The number of ether oxygens (including phenoxy) is 1. The Labute approximate surface area is 130 Å². The first-order valence-corrected chi connectivity index (χ1v) is 8.22. The zero-order valence-corrected chi connectivity index (χ0v) is 14.4. The molecular formula is C16H33N3O2. The van der Waals surface area contributed by atoms with Crippen molar-refractivity contribution in [2.45, 2.75) is 45.7 Å². The smallest absolute Gasteiger partial charge is 0.324 e. The molecule has 1 atom stereocenters. The molecule has 1 rings (SSSR count). The fourth-order valence-electron chi connectivity index (χ4n) is 2.91. The van der Waals surface area contributed by atoms with Crippen LogP contribution in [-0.4, -0.2) is 74.7 Å². The summed E-state index contributed by atoms with van der Waals surface area (Å²) < 4.78 is 5.18. The van der Waals surface area contributed by atoms with Gasteiger partial charge in [-0.2, -0.15) is 0 Å². The fraction of sp³-hybridized carbons (Fsp3) is 0.938. The summed E-state index contributed by atoms with van der Waals surface area (Å²) in [6.45, 7) is 10.5. The van der Waals surface area contributed by atoms with Crippen LogP contribution < -0.4 is 5.32 Å². The largest absolute Gasteiger partial charge is 0.465 e. The summed E-state index contributed by atoms with van der Waals surface area (Å²) in [5.74, 6) is 0.606. The van der Waals surface area contributed by atoms with E-state index in [1.165, 1.54) is 25.9 Å². The first-order chi connectivity index (χ1) is 9.92. The number of nitrogens with one attached hydrogen (secondary N) is 1. The summed E-state index contributed by atoms with van der Waals surface area (Å²) >= 11 is 0. The van der Waals surface area contributed by atoms with E-state index in [0.717, 1.165) is 12.5 Å². The van der Waals surface area contributed by atoms with E-state index in [1.807, 2.05) is 6.92 Å². The van der Waals surface area contributed by atoms with Crippen LogP contribution >= 0.6 is 0 Å². The first-order valence-electron chi connectivity index (χ1n) is 8.22. The van der Waals surface area contributed by atoms with Gasteiger partial charge in [0, 0.05) is 19.1 Å². The van der Waals surface area contributed by atoms with Gasteiger partial charge in [0.2, 0.25) is 0 Å². The van der Waals surface area contributed by atoms with Gasteiger partial charge >= 0.3 is 5.97 Å². The topological polar surface area (TPSA) is 44.8 Å². The van der Waals surface area contributed by atoms with Gasteiger partial charge in [-0.05, 0) is 52.9 Å². The van der Waals surface area contributed by atoms with Crippen molar-refractivity contribution in [2.75, 3.05) is 46.9 Å². The highest BCUT2D eigenvalue weighted by Gasteiger charge is 2.24. The standard InChI is InChI=1S/C16H33N3O2/c1-6-21-16(20)15(17-13(2)3)12-19(5)11-14-7-9-18(4)10-8-14/h13-15,17H,6-12H2,1-5H3. The number of nitrogens with zero attached hydrogens (tertiary/aromatic N) is 2. The maximum absolute atomic E-state index is 12.0. The second kappa shape index (κ2) is 9.38. The Morgan fingerprint density at radius 3 is 2.52 bits per heavy atom. The lowest BCUT2D eigenvalue weighted by Crippen LogP contribution is -2.49. The zero-order valence-electron chi connectivity index (χ0n) is 14.4. The second-order valence-electron chi connectivity index (χ2n) is 6.59. The molecule has 1 N–H and O–H groups in total. The monoisotopic (exact) mass is 299 g/mol. The van der Waals surface area contributed by atoms with Crippen LogP contribution in [0.2, 0.25) is 0 Å². The van der Waals surface area contributed by atoms with Gasteiger partial charge in [-0.15, -0.1) is 0 Å². The number of carbonyl (C=O) groups excluding carboxylic acids is 1. The number of carbonyl (C=O) groups is 1. The molecule has 1 heterocycles. The molecule has 0 aromatic rings. The van der Waals surface area contributed by atoms with E-state index in [4.69, 9.17) is 4.74 Å². The minimum atomic E-state index is -0.235. The van der Waals surface area contributed by atoms with Crippen LogP contribution in [0.25, 0.3) is 0 Å². The summed E-state index contributed by atoms with van der Waals surface area (Å²) in [6, 6.07) is 0.0392. The number of rotatable bonds is 8. The van der Waals surface area contributed by atoms with Crippen molar-refractivity contribution in [1.29, 1.82) is 0 Å². The van der Waals surface area contributed by atoms with E-state index in [-0.39, 0.29) is 18.1 Å². The molecule has 1 fully saturated rings. The predicted molar refractivity (Wildman–Crippen MR) is 86.4 cm³/mol. The van der Waals surface area contributed by atoms with E-state index in [9.17, 15) is 4.79 Å². The van der Waals surface area contributed by atoms with Crippen LogP contribution in [-0.2, 0) is 9.53 Å². The third-order valence-electron chi connectivity index (χ3n) is 4.01. The van der Waals surface area contributed by atoms with E-state index < -0.39 is 0 Å². The van der Waals surface area contributed by atoms with Gasteiger partial charge in [0.25, 0.3) is 0 Å². The molecule has 0 spiro atoms. The number of esters is 1. The molecule has 124 valence electrons. The highest BCUT2D eigenvalue weighted by Crippen LogP contribution is 2.16. The third-order valence-corrected chi connectivity index (χ3v) is 4.01. The average Bonchev–Trinajstić information content (AvgIpc) is 2.40. The van der Waals surface area contributed by atoms with Gasteiger partial charge in [-0.25, -0.2) is 0 Å². The average molecular weight is 299 g/mol. The molecule has 5 nitrogen and oxygen atoms in total. The van der Waals surface area contributed by atoms with Crippen molar-refractivity contribution in [3.8, 4) is 0 Å². The van der Waals surface area contributed by atoms with Gasteiger partial charge in [0.15, 0.2) is 0 Å². The number of piperidine rings is 1. The van der Waals surface area contributed by atoms with Crippen molar-refractivity contribution in [3.05, 3.63) is 0 Å². The minimum absolute atomic E-state index is 0.138. The Morgan fingerprint density at radius 1 is 1.38 bits per heavy atom. The third kappa shape index (κ3) is 7.25. The SMILES string of the molecule is CCOC(=O)C(CN(C)CC1CCN(C)CC1)NC(C)C. The summed E-state index contributed by atoms with van der Waals surface area (Å²) in [5.41, 5.74) is 0. The summed E-state index contributed by atoms with van der Waals surface area (Å²) in [6.07, 6.45) is 2.51. The fourth-order valence-corrected chi connectivity index (χ4v) is 2.91. The molecule has 0 aromatic carbocycles. The molecule has 0 aromatic heterocycles. The summed E-state index contributed by atoms with van der Waals surface area (Å²) in [5, 5.41) is 3.32. The van der Waals surface area contributed by atoms with Gasteiger partial charge in [0.1, 0.15) is 6.04 Å². The van der Waals surface area contributed by atoms with Crippen LogP contribution in [0, 0.1) is 5.92 Å². The van der Waals surface area contributed by atoms with Crippen molar-refractivity contribution >= 4 is 5.97 Å². The van der Waals surface area contributed by atoms with Crippen molar-refractivity contribution in [2.24, 2.45) is 5.92 Å². The molecule has 21 heavy (non-hydrogen) atoms. The molecule has 1 aliphatic heterocycles. The van der Waals surface area contributed by atoms with Crippen molar-refractivity contribution < 1.29 is 9.53 Å². The molecule has 0 amide bonds. The Kier molecular flexibility index (Phi) is 8.22. The predicted octanol–water partition coefficient (Wildman–Crippen LogP) is 1.19. The van der Waals surface area contributed by atoms with E-state index in [1.54, 1.807) is 0 Å². The van der Waals surface area contributed by atoms with Gasteiger partial charge in [0.05, 0.1) is 6.61 Å². The molecule has 0 radical (unpaired) electrons. The van der Waals surface area contributed by atoms with Crippen LogP contribution in [0.1, 0.15) is 33.6 Å². The normalized spacial score (nSPS) is 19.2. The molecule has 0 bridgehead atoms. The Morgan fingerprint density at radius 2 is 2.00 bits per heavy atom. The summed E-state index contributed by atoms with van der Waals surface area (Å²) in [4.78, 5) is 16.7. The summed E-state index contributed by atoms with van der Waals surface area (Å²) in [7, 11) is 4.29. The molecule has 1 unspecified atom stereocenters. The van der Waals surface area contributed by atoms with Gasteiger partial charge < -0.3 is 19.9 Å². The van der Waals surface area contributed by atoms with E-state index in [2.05, 4.69) is 43.1 Å². The molecule has 5 heteroatoms. The Hall–Kier alpha value is -0.650. The number of hydrogen-bond donors (Lipinski definition) is 1. The van der Waals surface area contributed by atoms with Crippen LogP contribution in [0.3, 0.4) is 0 Å². The Bertz CT molecular complexity index is 302. The first kappa shape index (κ1) is 18.4.